The van der Waals surface area contributed by atoms with E-state index in [0.717, 1.165) is 27.4 Å². The second kappa shape index (κ2) is 13.4. The molecule has 0 radical (unpaired) electrons. The van der Waals surface area contributed by atoms with Gasteiger partial charge in [-0.15, -0.1) is 0 Å². The Labute approximate surface area is 272 Å². The highest BCUT2D eigenvalue weighted by molar-refractivity contribution is 7.86. The number of fused-ring (bicyclic) bond motifs is 4. The maximum atomic E-state index is 11.3. The second-order valence-corrected chi connectivity index (χ2v) is 14.5. The Balaban J connectivity index is 1.37. The van der Waals surface area contributed by atoms with Crippen LogP contribution in [0.15, 0.2) is 82.6 Å². The normalized spacial score (nSPS) is 14.8. The number of allylic oxidation sites excluding steroid dienone is 2. The van der Waals surface area contributed by atoms with E-state index in [-0.39, 0.29) is 24.3 Å². The molecule has 14 heteroatoms. The number of hydrogen-bond donors (Lipinski definition) is 2. The Bertz CT molecular complexity index is 2250. The SMILES string of the molecule is CCC(=Cc1oc2cc3ccccc3nc2[n+]1CCCCS(=O)(=O)O)C=C1Oc2cc3ccccc3nc2N1CCCCS(=O)(=O)O. The number of aryl methyl sites for hydroxylation is 1. The lowest BCUT2D eigenvalue weighted by Crippen LogP contribution is -2.36. The molecule has 0 bridgehead atoms. The summed E-state index contributed by atoms with van der Waals surface area (Å²) in [7, 11) is -8.15. The number of pyridine rings is 2. The van der Waals surface area contributed by atoms with Crippen molar-refractivity contribution in [1.82, 2.24) is 9.97 Å². The molecule has 12 nitrogen and oxygen atoms in total. The molecule has 47 heavy (non-hydrogen) atoms. The molecule has 5 aromatic rings. The van der Waals surface area contributed by atoms with Crippen LogP contribution in [0, 0.1) is 0 Å². The first-order valence-electron chi connectivity index (χ1n) is 15.4. The predicted octanol–water partition coefficient (Wildman–Crippen LogP) is 5.69. The molecule has 0 saturated carbocycles. The van der Waals surface area contributed by atoms with Crippen molar-refractivity contribution in [3.8, 4) is 5.75 Å². The van der Waals surface area contributed by atoms with Crippen LogP contribution in [0.4, 0.5) is 5.82 Å². The first kappa shape index (κ1) is 32.6. The number of anilines is 1. The Morgan fingerprint density at radius 1 is 0.872 bits per heavy atom. The number of oxazole rings is 1. The van der Waals surface area contributed by atoms with Crippen LogP contribution in [-0.4, -0.2) is 54.0 Å². The van der Waals surface area contributed by atoms with E-state index in [9.17, 15) is 25.9 Å². The largest absolute Gasteiger partial charge is 0.437 e. The Morgan fingerprint density at radius 2 is 1.51 bits per heavy atom. The average molecular weight is 680 g/mol. The molecular weight excluding hydrogens is 645 g/mol. The third kappa shape index (κ3) is 7.79. The monoisotopic (exact) mass is 679 g/mol. The third-order valence-electron chi connectivity index (χ3n) is 7.91. The van der Waals surface area contributed by atoms with E-state index >= 15 is 0 Å². The molecule has 0 amide bonds. The van der Waals surface area contributed by atoms with Gasteiger partial charge in [-0.25, -0.2) is 4.98 Å². The highest BCUT2D eigenvalue weighted by Crippen LogP contribution is 2.40. The number of rotatable bonds is 13. The van der Waals surface area contributed by atoms with E-state index in [1.165, 1.54) is 0 Å². The van der Waals surface area contributed by atoms with Gasteiger partial charge in [0.05, 0.1) is 23.6 Å². The first-order chi connectivity index (χ1) is 22.5. The van der Waals surface area contributed by atoms with E-state index in [1.54, 1.807) is 0 Å². The number of hydrogen-bond acceptors (Lipinski definition) is 9. The van der Waals surface area contributed by atoms with Gasteiger partial charge < -0.3 is 9.15 Å². The molecule has 2 aromatic carbocycles. The highest BCUT2D eigenvalue weighted by atomic mass is 32.2. The second-order valence-electron chi connectivity index (χ2n) is 11.4. The quantitative estimate of drug-likeness (QED) is 0.0893. The molecule has 0 aliphatic carbocycles. The van der Waals surface area contributed by atoms with Crippen LogP contribution < -0.4 is 14.2 Å². The van der Waals surface area contributed by atoms with Gasteiger partial charge in [0, 0.05) is 35.5 Å². The van der Waals surface area contributed by atoms with Crippen molar-refractivity contribution < 1.29 is 39.7 Å². The lowest BCUT2D eigenvalue weighted by atomic mass is 10.1. The molecular formula is C33H35N4O8S2+. The van der Waals surface area contributed by atoms with Gasteiger partial charge in [0.1, 0.15) is 0 Å². The van der Waals surface area contributed by atoms with Crippen molar-refractivity contribution in [3.63, 3.8) is 0 Å². The van der Waals surface area contributed by atoms with Crippen molar-refractivity contribution in [2.45, 2.75) is 45.6 Å². The van der Waals surface area contributed by atoms with Gasteiger partial charge >= 0.3 is 5.65 Å². The van der Waals surface area contributed by atoms with Crippen LogP contribution >= 0.6 is 0 Å². The Morgan fingerprint density at radius 3 is 2.19 bits per heavy atom. The average Bonchev–Trinajstić information content (AvgIpc) is 3.53. The molecule has 0 spiro atoms. The maximum absolute atomic E-state index is 11.3. The molecule has 2 N–H and O–H groups in total. The summed E-state index contributed by atoms with van der Waals surface area (Å²) >= 11 is 0. The van der Waals surface area contributed by atoms with Crippen LogP contribution in [0.25, 0.3) is 39.1 Å². The molecule has 0 saturated heterocycles. The van der Waals surface area contributed by atoms with Crippen molar-refractivity contribution in [3.05, 3.63) is 84.1 Å². The van der Waals surface area contributed by atoms with Gasteiger partial charge in [-0.2, -0.15) is 21.4 Å². The molecule has 6 rings (SSSR count). The van der Waals surface area contributed by atoms with Gasteiger partial charge in [-0.3, -0.25) is 14.0 Å². The van der Waals surface area contributed by atoms with Crippen LogP contribution in [-0.2, 0) is 26.8 Å². The molecule has 3 aromatic heterocycles. The summed E-state index contributed by atoms with van der Waals surface area (Å²) in [6.45, 7) is 2.82. The maximum Gasteiger partial charge on any atom is 0.369 e. The van der Waals surface area contributed by atoms with Crippen molar-refractivity contribution in [2.75, 3.05) is 23.0 Å². The summed E-state index contributed by atoms with van der Waals surface area (Å²) < 4.78 is 78.3. The zero-order valence-corrected chi connectivity index (χ0v) is 27.4. The molecule has 0 unspecified atom stereocenters. The smallest absolute Gasteiger partial charge is 0.369 e. The Hall–Kier alpha value is -4.37. The van der Waals surface area contributed by atoms with Gasteiger partial charge in [-0.05, 0) is 60.9 Å². The predicted molar refractivity (Wildman–Crippen MR) is 179 cm³/mol. The number of benzene rings is 2. The molecule has 0 atom stereocenters. The van der Waals surface area contributed by atoms with E-state index in [4.69, 9.17) is 19.1 Å². The van der Waals surface area contributed by atoms with Crippen LogP contribution in [0.3, 0.4) is 0 Å². The van der Waals surface area contributed by atoms with Crippen molar-refractivity contribution in [2.24, 2.45) is 0 Å². The summed E-state index contributed by atoms with van der Waals surface area (Å²) in [4.78, 5) is 11.6. The van der Waals surface area contributed by atoms with Gasteiger partial charge in [0.25, 0.3) is 26.1 Å². The minimum absolute atomic E-state index is 0.264. The lowest BCUT2D eigenvalue weighted by molar-refractivity contribution is -0.680. The fraction of sp³-hybridized carbons (Fsp3) is 0.303. The summed E-state index contributed by atoms with van der Waals surface area (Å²) in [5, 5.41) is 1.84. The summed E-state index contributed by atoms with van der Waals surface area (Å²) in [5.74, 6) is 1.56. The minimum atomic E-state index is -4.07. The molecule has 1 aliphatic heterocycles. The summed E-state index contributed by atoms with van der Waals surface area (Å²) in [5.41, 5.74) is 3.64. The summed E-state index contributed by atoms with van der Waals surface area (Å²) in [6.07, 6.45) is 5.85. The van der Waals surface area contributed by atoms with Crippen molar-refractivity contribution in [1.29, 1.82) is 0 Å². The fourth-order valence-corrected chi connectivity index (χ4v) is 6.71. The van der Waals surface area contributed by atoms with Crippen molar-refractivity contribution >= 4 is 65.2 Å². The highest BCUT2D eigenvalue weighted by Gasteiger charge is 2.29. The van der Waals surface area contributed by atoms with E-state index < -0.39 is 20.2 Å². The lowest BCUT2D eigenvalue weighted by Gasteiger charge is -2.18. The number of para-hydroxylation sites is 2. The molecule has 4 heterocycles. The van der Waals surface area contributed by atoms with Gasteiger partial charge in [0.2, 0.25) is 11.5 Å². The van der Waals surface area contributed by atoms with Crippen LogP contribution in [0.1, 0.15) is 44.9 Å². The molecule has 0 fully saturated rings. The number of unbranched alkanes of at least 4 members (excludes halogenated alkanes) is 2. The van der Waals surface area contributed by atoms with Crippen LogP contribution in [0.2, 0.25) is 0 Å². The zero-order valence-electron chi connectivity index (χ0n) is 25.7. The zero-order chi connectivity index (χ0) is 33.2. The number of nitrogens with zero attached hydrogens (tertiary/aromatic N) is 4. The van der Waals surface area contributed by atoms with E-state index in [0.29, 0.717) is 66.9 Å². The summed E-state index contributed by atoms with van der Waals surface area (Å²) in [6, 6.07) is 19.3. The first-order valence-corrected chi connectivity index (χ1v) is 18.6. The number of ether oxygens (including phenoxy) is 1. The minimum Gasteiger partial charge on any atom is -0.437 e. The van der Waals surface area contributed by atoms with Gasteiger partial charge in [0.15, 0.2) is 17.1 Å². The molecule has 246 valence electrons. The van der Waals surface area contributed by atoms with E-state index in [1.807, 2.05) is 89.2 Å². The third-order valence-corrected chi connectivity index (χ3v) is 9.52. The standard InChI is InChI=1S/C33H34N4O8S2/c1-2-23(19-30-36(15-7-9-17-46(38,39)40)32-28(44-30)21-24-11-3-5-13-26(24)34-32)20-31-37(16-8-10-18-47(41,42)43)33-29(45-31)22-25-12-4-6-14-27(25)35-33/h3-6,11-14,19-22H,2,7-10,15-18H2,1H3,(H-,38,39,40,41,42,43)/p+1. The molecule has 1 aliphatic rings. The topological polar surface area (TPSA) is 164 Å². The van der Waals surface area contributed by atoms with Gasteiger partial charge in [-0.1, -0.05) is 43.3 Å². The fourth-order valence-electron chi connectivity index (χ4n) is 5.57. The number of aromatic nitrogens is 3. The van der Waals surface area contributed by atoms with E-state index in [2.05, 4.69) is 0 Å². The Kier molecular flexibility index (Phi) is 9.28. The van der Waals surface area contributed by atoms with Crippen LogP contribution in [0.5, 0.6) is 5.75 Å².